The van der Waals surface area contributed by atoms with Gasteiger partial charge in [0.1, 0.15) is 5.75 Å². The van der Waals surface area contributed by atoms with Gasteiger partial charge in [0.25, 0.3) is 0 Å². The molecule has 0 saturated carbocycles. The number of hydrogen-bond acceptors (Lipinski definition) is 4. The molecule has 2 aromatic rings. The predicted octanol–water partition coefficient (Wildman–Crippen LogP) is 2.48. The van der Waals surface area contributed by atoms with Crippen LogP contribution in [0.4, 0.5) is 5.69 Å². The van der Waals surface area contributed by atoms with E-state index in [2.05, 4.69) is 11.2 Å². The summed E-state index contributed by atoms with van der Waals surface area (Å²) in [7, 11) is 1.95. The molecule has 0 bridgehead atoms. The van der Waals surface area contributed by atoms with Gasteiger partial charge in [-0.1, -0.05) is 6.07 Å². The summed E-state index contributed by atoms with van der Waals surface area (Å²) in [5.41, 5.74) is 7.44. The molecule has 1 heterocycles. The quantitative estimate of drug-likeness (QED) is 0.511. The van der Waals surface area contributed by atoms with Gasteiger partial charge in [0, 0.05) is 24.6 Å². The fourth-order valence-electron chi connectivity index (χ4n) is 1.63. The van der Waals surface area contributed by atoms with Crippen LogP contribution >= 0.6 is 11.8 Å². The standard InChI is InChI=1S/C13H17N3OS/c1-10-8-13(16(2)15-10)18-7-6-17-12-5-3-4-11(14)9-12/h3-5,8-9H,6-7,14H2,1-2H3. The van der Waals surface area contributed by atoms with E-state index in [1.165, 1.54) is 0 Å². The molecule has 0 fully saturated rings. The van der Waals surface area contributed by atoms with Gasteiger partial charge in [-0.2, -0.15) is 5.10 Å². The molecular formula is C13H17N3OS. The normalized spacial score (nSPS) is 10.6. The molecule has 0 aliphatic rings. The summed E-state index contributed by atoms with van der Waals surface area (Å²) >= 11 is 1.74. The van der Waals surface area contributed by atoms with E-state index in [0.717, 1.165) is 27.9 Å². The van der Waals surface area contributed by atoms with Crippen LogP contribution in [0.1, 0.15) is 5.69 Å². The summed E-state index contributed by atoms with van der Waals surface area (Å²) in [5.74, 6) is 1.70. The van der Waals surface area contributed by atoms with Crippen molar-refractivity contribution in [2.45, 2.75) is 11.9 Å². The molecule has 2 N–H and O–H groups in total. The van der Waals surface area contributed by atoms with Gasteiger partial charge in [-0.05, 0) is 25.1 Å². The van der Waals surface area contributed by atoms with Crippen molar-refractivity contribution < 1.29 is 4.74 Å². The van der Waals surface area contributed by atoms with Crippen molar-refractivity contribution in [2.24, 2.45) is 7.05 Å². The second-order valence-corrected chi connectivity index (χ2v) is 5.13. The Morgan fingerprint density at radius 2 is 2.22 bits per heavy atom. The number of nitrogens with zero attached hydrogens (tertiary/aromatic N) is 2. The maximum atomic E-state index is 5.68. The topological polar surface area (TPSA) is 53.1 Å². The van der Waals surface area contributed by atoms with Crippen molar-refractivity contribution in [2.75, 3.05) is 18.1 Å². The molecule has 0 amide bonds. The van der Waals surface area contributed by atoms with Gasteiger partial charge >= 0.3 is 0 Å². The summed E-state index contributed by atoms with van der Waals surface area (Å²) in [6.45, 7) is 2.64. The van der Waals surface area contributed by atoms with Gasteiger partial charge in [0.15, 0.2) is 0 Å². The third-order valence-electron chi connectivity index (χ3n) is 2.42. The fourth-order valence-corrected chi connectivity index (χ4v) is 2.49. The second-order valence-electron chi connectivity index (χ2n) is 4.02. The van der Waals surface area contributed by atoms with Crippen LogP contribution in [-0.2, 0) is 7.05 Å². The molecule has 0 unspecified atom stereocenters. The molecule has 1 aromatic carbocycles. The Hall–Kier alpha value is -1.62. The Labute approximate surface area is 111 Å². The van der Waals surface area contributed by atoms with E-state index >= 15 is 0 Å². The molecule has 0 aliphatic carbocycles. The maximum Gasteiger partial charge on any atom is 0.121 e. The zero-order valence-corrected chi connectivity index (χ0v) is 11.4. The van der Waals surface area contributed by atoms with Crippen molar-refractivity contribution >= 4 is 17.4 Å². The van der Waals surface area contributed by atoms with Crippen molar-refractivity contribution in [1.29, 1.82) is 0 Å². The highest BCUT2D eigenvalue weighted by Gasteiger charge is 2.02. The zero-order chi connectivity index (χ0) is 13.0. The number of rotatable bonds is 5. The van der Waals surface area contributed by atoms with Crippen LogP contribution < -0.4 is 10.5 Å². The summed E-state index contributed by atoms with van der Waals surface area (Å²) in [6.07, 6.45) is 0. The molecule has 0 spiro atoms. The van der Waals surface area contributed by atoms with Gasteiger partial charge in [-0.25, -0.2) is 0 Å². The van der Waals surface area contributed by atoms with Crippen molar-refractivity contribution in [3.05, 3.63) is 36.0 Å². The monoisotopic (exact) mass is 263 g/mol. The lowest BCUT2D eigenvalue weighted by molar-refractivity contribution is 0.344. The highest BCUT2D eigenvalue weighted by atomic mass is 32.2. The molecule has 96 valence electrons. The Morgan fingerprint density at radius 1 is 1.39 bits per heavy atom. The molecule has 5 heteroatoms. The first-order valence-electron chi connectivity index (χ1n) is 5.77. The summed E-state index contributed by atoms with van der Waals surface area (Å²) in [5, 5.41) is 5.45. The summed E-state index contributed by atoms with van der Waals surface area (Å²) < 4.78 is 7.51. The van der Waals surface area contributed by atoms with Gasteiger partial charge in [-0.15, -0.1) is 11.8 Å². The first kappa shape index (κ1) is 12.8. The Morgan fingerprint density at radius 3 is 2.89 bits per heavy atom. The molecule has 1 aromatic heterocycles. The first-order chi connectivity index (χ1) is 8.65. The van der Waals surface area contributed by atoms with Crippen LogP contribution in [0.2, 0.25) is 0 Å². The largest absolute Gasteiger partial charge is 0.493 e. The predicted molar refractivity (Wildman–Crippen MR) is 75.0 cm³/mol. The number of hydrogen-bond donors (Lipinski definition) is 1. The number of nitrogen functional groups attached to an aromatic ring is 1. The van der Waals surface area contributed by atoms with E-state index in [0.29, 0.717) is 6.61 Å². The summed E-state index contributed by atoms with van der Waals surface area (Å²) in [6, 6.07) is 9.56. The molecule has 0 aliphatic heterocycles. The number of benzene rings is 1. The molecule has 0 saturated heterocycles. The molecular weight excluding hydrogens is 246 g/mol. The van der Waals surface area contributed by atoms with Crippen LogP contribution in [0.3, 0.4) is 0 Å². The third kappa shape index (κ3) is 3.43. The number of aryl methyl sites for hydroxylation is 2. The van der Waals surface area contributed by atoms with E-state index in [-0.39, 0.29) is 0 Å². The third-order valence-corrected chi connectivity index (χ3v) is 3.47. The average molecular weight is 263 g/mol. The van der Waals surface area contributed by atoms with Crippen LogP contribution in [0, 0.1) is 6.92 Å². The Kier molecular flexibility index (Phi) is 4.15. The van der Waals surface area contributed by atoms with Gasteiger partial charge in [0.2, 0.25) is 0 Å². The molecule has 0 atom stereocenters. The van der Waals surface area contributed by atoms with Crippen molar-refractivity contribution in [3.8, 4) is 5.75 Å². The summed E-state index contributed by atoms with van der Waals surface area (Å²) in [4.78, 5) is 0. The molecule has 0 radical (unpaired) electrons. The minimum atomic E-state index is 0.651. The van der Waals surface area contributed by atoms with Gasteiger partial charge in [-0.3, -0.25) is 4.68 Å². The van der Waals surface area contributed by atoms with E-state index in [4.69, 9.17) is 10.5 Å². The number of aromatic nitrogens is 2. The lowest BCUT2D eigenvalue weighted by Gasteiger charge is -2.06. The highest BCUT2D eigenvalue weighted by Crippen LogP contribution is 2.19. The minimum Gasteiger partial charge on any atom is -0.493 e. The van der Waals surface area contributed by atoms with E-state index in [9.17, 15) is 0 Å². The molecule has 4 nitrogen and oxygen atoms in total. The Balaban J connectivity index is 1.78. The van der Waals surface area contributed by atoms with E-state index < -0.39 is 0 Å². The second kappa shape index (κ2) is 5.82. The highest BCUT2D eigenvalue weighted by molar-refractivity contribution is 7.99. The van der Waals surface area contributed by atoms with Crippen molar-refractivity contribution in [3.63, 3.8) is 0 Å². The number of thioether (sulfide) groups is 1. The van der Waals surface area contributed by atoms with Crippen LogP contribution in [0.15, 0.2) is 35.4 Å². The van der Waals surface area contributed by atoms with E-state index in [1.807, 2.05) is 42.9 Å². The lowest BCUT2D eigenvalue weighted by atomic mass is 10.3. The number of ether oxygens (including phenoxy) is 1. The van der Waals surface area contributed by atoms with Gasteiger partial charge < -0.3 is 10.5 Å². The SMILES string of the molecule is Cc1cc(SCCOc2cccc(N)c2)n(C)n1. The first-order valence-corrected chi connectivity index (χ1v) is 6.75. The van der Waals surface area contributed by atoms with Crippen LogP contribution in [-0.4, -0.2) is 22.1 Å². The number of anilines is 1. The van der Waals surface area contributed by atoms with Crippen LogP contribution in [0.5, 0.6) is 5.75 Å². The Bertz CT molecular complexity index is 525. The average Bonchev–Trinajstić information content (AvgIpc) is 2.64. The fraction of sp³-hybridized carbons (Fsp3) is 0.308. The maximum absolute atomic E-state index is 5.68. The minimum absolute atomic E-state index is 0.651. The van der Waals surface area contributed by atoms with Crippen molar-refractivity contribution in [1.82, 2.24) is 9.78 Å². The van der Waals surface area contributed by atoms with Gasteiger partial charge in [0.05, 0.1) is 17.3 Å². The lowest BCUT2D eigenvalue weighted by Crippen LogP contribution is -2.01. The molecule has 18 heavy (non-hydrogen) atoms. The number of nitrogens with two attached hydrogens (primary N) is 1. The van der Waals surface area contributed by atoms with Crippen LogP contribution in [0.25, 0.3) is 0 Å². The smallest absolute Gasteiger partial charge is 0.121 e. The zero-order valence-electron chi connectivity index (χ0n) is 10.6. The molecule has 2 rings (SSSR count). The van der Waals surface area contributed by atoms with E-state index in [1.54, 1.807) is 11.8 Å².